The van der Waals surface area contributed by atoms with Crippen LogP contribution in [0.4, 0.5) is 24.5 Å². The molecule has 0 atom stereocenters. The van der Waals surface area contributed by atoms with E-state index in [-0.39, 0.29) is 17.1 Å². The predicted octanol–water partition coefficient (Wildman–Crippen LogP) is 6.27. The zero-order chi connectivity index (χ0) is 26.5. The van der Waals surface area contributed by atoms with Gasteiger partial charge in [0.05, 0.1) is 17.6 Å². The zero-order valence-electron chi connectivity index (χ0n) is 18.9. The number of hydrogen-bond acceptors (Lipinski definition) is 6. The molecule has 0 bridgehead atoms. The molecular weight excluding hydrogens is 479 g/mol. The van der Waals surface area contributed by atoms with Crippen LogP contribution in [0.3, 0.4) is 0 Å². The average Bonchev–Trinajstić information content (AvgIpc) is 2.84. The number of carbonyl (C=O) groups excluding carboxylic acids is 1. The van der Waals surface area contributed by atoms with E-state index in [4.69, 9.17) is 9.47 Å². The third-order valence-electron chi connectivity index (χ3n) is 4.96. The number of methoxy groups -OCH3 is 1. The van der Waals surface area contributed by atoms with E-state index < -0.39 is 34.0 Å². The van der Waals surface area contributed by atoms with Gasteiger partial charge in [-0.2, -0.15) is 18.4 Å². The molecule has 0 saturated heterocycles. The van der Waals surface area contributed by atoms with Crippen molar-refractivity contribution >= 4 is 23.4 Å². The molecule has 1 amide bonds. The van der Waals surface area contributed by atoms with E-state index in [9.17, 15) is 33.3 Å². The van der Waals surface area contributed by atoms with Crippen molar-refractivity contribution in [2.45, 2.75) is 13.1 Å². The maximum absolute atomic E-state index is 12.9. The Morgan fingerprint density at radius 3 is 2.39 bits per heavy atom. The Hall–Kier alpha value is -4.85. The van der Waals surface area contributed by atoms with Gasteiger partial charge in [0.15, 0.2) is 11.5 Å². The molecule has 0 aliphatic heterocycles. The molecule has 11 heteroatoms. The number of nitrogens with zero attached hydrogens (tertiary/aromatic N) is 2. The minimum absolute atomic E-state index is 0.0274. The van der Waals surface area contributed by atoms with E-state index in [1.807, 2.05) is 6.07 Å². The van der Waals surface area contributed by atoms with E-state index in [0.717, 1.165) is 11.6 Å². The number of rotatable bonds is 7. The molecule has 184 valence electrons. The van der Waals surface area contributed by atoms with Gasteiger partial charge in [0.2, 0.25) is 5.75 Å². The van der Waals surface area contributed by atoms with Crippen LogP contribution in [-0.4, -0.2) is 17.9 Å². The summed E-state index contributed by atoms with van der Waals surface area (Å²) in [6.07, 6.45) is -3.46. The Morgan fingerprint density at radius 1 is 1.08 bits per heavy atom. The number of anilines is 1. The van der Waals surface area contributed by atoms with Crippen LogP contribution in [0.2, 0.25) is 0 Å². The fourth-order valence-electron chi connectivity index (χ4n) is 3.12. The van der Waals surface area contributed by atoms with Gasteiger partial charge >= 0.3 is 11.9 Å². The number of benzene rings is 3. The summed E-state index contributed by atoms with van der Waals surface area (Å²) in [5.41, 5.74) is -0.547. The number of nitro groups is 1. The standard InChI is InChI=1S/C25H18F3N3O5/c1-15-5-3-4-6-19(15)30-24(32)17(14-29)11-16-7-9-22(23(12-16)35-2)36-21-10-8-18(25(26,27)28)13-20(21)31(33)34/h3-13H,1-2H3,(H,30,32)/b17-11+. The van der Waals surface area contributed by atoms with E-state index in [1.165, 1.54) is 31.4 Å². The second-order valence-corrected chi connectivity index (χ2v) is 7.39. The van der Waals surface area contributed by atoms with Crippen molar-refractivity contribution in [1.29, 1.82) is 5.26 Å². The number of nitro benzene ring substituents is 1. The van der Waals surface area contributed by atoms with Crippen LogP contribution in [0.25, 0.3) is 6.08 Å². The minimum atomic E-state index is -4.76. The Labute approximate surface area is 203 Å². The molecule has 0 fully saturated rings. The molecule has 3 aromatic rings. The van der Waals surface area contributed by atoms with Crippen molar-refractivity contribution in [3.63, 3.8) is 0 Å². The first-order chi connectivity index (χ1) is 17.0. The number of alkyl halides is 3. The monoisotopic (exact) mass is 497 g/mol. The van der Waals surface area contributed by atoms with Gasteiger partial charge in [-0.05, 0) is 54.5 Å². The highest BCUT2D eigenvalue weighted by Gasteiger charge is 2.33. The molecule has 3 aromatic carbocycles. The van der Waals surface area contributed by atoms with Crippen molar-refractivity contribution in [3.8, 4) is 23.3 Å². The van der Waals surface area contributed by atoms with Gasteiger partial charge < -0.3 is 14.8 Å². The second kappa shape index (κ2) is 10.6. The van der Waals surface area contributed by atoms with Crippen LogP contribution < -0.4 is 14.8 Å². The topological polar surface area (TPSA) is 114 Å². The second-order valence-electron chi connectivity index (χ2n) is 7.39. The molecular formula is C25H18F3N3O5. The van der Waals surface area contributed by atoms with E-state index in [2.05, 4.69) is 5.32 Å². The summed E-state index contributed by atoms with van der Waals surface area (Å²) in [5.74, 6) is -1.02. The van der Waals surface area contributed by atoms with Gasteiger partial charge in [0.25, 0.3) is 5.91 Å². The van der Waals surface area contributed by atoms with Crippen LogP contribution in [0.5, 0.6) is 17.2 Å². The molecule has 0 unspecified atom stereocenters. The van der Waals surface area contributed by atoms with Gasteiger partial charge in [-0.1, -0.05) is 24.3 Å². The molecule has 8 nitrogen and oxygen atoms in total. The van der Waals surface area contributed by atoms with Crippen LogP contribution in [-0.2, 0) is 11.0 Å². The van der Waals surface area contributed by atoms with Crippen LogP contribution in [0, 0.1) is 28.4 Å². The number of hydrogen-bond donors (Lipinski definition) is 1. The highest BCUT2D eigenvalue weighted by atomic mass is 19.4. The number of amides is 1. The molecule has 0 aliphatic carbocycles. The Balaban J connectivity index is 1.90. The van der Waals surface area contributed by atoms with Crippen molar-refractivity contribution in [2.75, 3.05) is 12.4 Å². The quantitative estimate of drug-likeness (QED) is 0.178. The summed E-state index contributed by atoms with van der Waals surface area (Å²) in [6.45, 7) is 1.80. The van der Waals surface area contributed by atoms with Gasteiger partial charge in [0, 0.05) is 11.8 Å². The highest BCUT2D eigenvalue weighted by molar-refractivity contribution is 6.10. The number of halogens is 3. The summed E-state index contributed by atoms with van der Waals surface area (Å²) in [4.78, 5) is 22.9. The third kappa shape index (κ3) is 5.98. The SMILES string of the molecule is COc1cc(/C=C(\C#N)C(=O)Nc2ccccc2C)ccc1Oc1ccc(C(F)(F)F)cc1[N+](=O)[O-]. The summed E-state index contributed by atoms with van der Waals surface area (Å²) >= 11 is 0. The van der Waals surface area contributed by atoms with E-state index in [1.54, 1.807) is 31.2 Å². The number of nitrogens with one attached hydrogen (secondary N) is 1. The van der Waals surface area contributed by atoms with Crippen molar-refractivity contribution in [2.24, 2.45) is 0 Å². The number of para-hydroxylation sites is 1. The Kier molecular flexibility index (Phi) is 7.59. The lowest BCUT2D eigenvalue weighted by molar-refractivity contribution is -0.385. The maximum atomic E-state index is 12.9. The van der Waals surface area contributed by atoms with Crippen molar-refractivity contribution < 1.29 is 32.4 Å². The molecule has 0 spiro atoms. The Bertz CT molecular complexity index is 1390. The predicted molar refractivity (Wildman–Crippen MR) is 125 cm³/mol. The van der Waals surface area contributed by atoms with Crippen molar-refractivity contribution in [1.82, 2.24) is 0 Å². The first kappa shape index (κ1) is 25.8. The van der Waals surface area contributed by atoms with Crippen LogP contribution in [0.15, 0.2) is 66.2 Å². The lowest BCUT2D eigenvalue weighted by Gasteiger charge is -2.13. The zero-order valence-corrected chi connectivity index (χ0v) is 18.9. The first-order valence-electron chi connectivity index (χ1n) is 10.2. The van der Waals surface area contributed by atoms with Crippen molar-refractivity contribution in [3.05, 3.63) is 93.0 Å². The van der Waals surface area contributed by atoms with E-state index >= 15 is 0 Å². The molecule has 0 saturated carbocycles. The summed E-state index contributed by atoms with van der Waals surface area (Å²) in [6, 6.07) is 15.0. The Morgan fingerprint density at radius 2 is 1.78 bits per heavy atom. The third-order valence-corrected chi connectivity index (χ3v) is 4.96. The molecule has 36 heavy (non-hydrogen) atoms. The molecule has 0 aromatic heterocycles. The summed E-state index contributed by atoms with van der Waals surface area (Å²) in [7, 11) is 1.28. The minimum Gasteiger partial charge on any atom is -0.493 e. The van der Waals surface area contributed by atoms with Crippen LogP contribution >= 0.6 is 0 Å². The van der Waals surface area contributed by atoms with Gasteiger partial charge in [0.1, 0.15) is 11.6 Å². The number of aryl methyl sites for hydroxylation is 1. The molecule has 3 rings (SSSR count). The van der Waals surface area contributed by atoms with Gasteiger partial charge in [-0.3, -0.25) is 14.9 Å². The highest BCUT2D eigenvalue weighted by Crippen LogP contribution is 2.40. The smallest absolute Gasteiger partial charge is 0.416 e. The molecule has 0 aliphatic rings. The summed E-state index contributed by atoms with van der Waals surface area (Å²) < 4.78 is 49.6. The lowest BCUT2D eigenvalue weighted by Crippen LogP contribution is -2.14. The molecule has 0 heterocycles. The van der Waals surface area contributed by atoms with E-state index in [0.29, 0.717) is 23.4 Å². The first-order valence-corrected chi connectivity index (χ1v) is 10.2. The average molecular weight is 497 g/mol. The van der Waals surface area contributed by atoms with Crippen LogP contribution in [0.1, 0.15) is 16.7 Å². The number of ether oxygens (including phenoxy) is 2. The fraction of sp³-hybridized carbons (Fsp3) is 0.120. The van der Waals surface area contributed by atoms with Gasteiger partial charge in [-0.25, -0.2) is 0 Å². The number of carbonyl (C=O) groups is 1. The molecule has 0 radical (unpaired) electrons. The van der Waals surface area contributed by atoms with Gasteiger partial charge in [-0.15, -0.1) is 0 Å². The molecule has 1 N–H and O–H groups in total. The lowest BCUT2D eigenvalue weighted by atomic mass is 10.1. The fourth-order valence-corrected chi connectivity index (χ4v) is 3.12. The maximum Gasteiger partial charge on any atom is 0.416 e. The largest absolute Gasteiger partial charge is 0.493 e. The summed E-state index contributed by atoms with van der Waals surface area (Å²) in [5, 5.41) is 23.4. The number of nitriles is 1. The normalized spacial score (nSPS) is 11.4.